The van der Waals surface area contributed by atoms with Gasteiger partial charge in [0.15, 0.2) is 0 Å². The lowest BCUT2D eigenvalue weighted by Gasteiger charge is -2.00. The Morgan fingerprint density at radius 3 is 2.75 bits per heavy atom. The number of esters is 1. The first-order valence-corrected chi connectivity index (χ1v) is 4.94. The molecule has 4 nitrogen and oxygen atoms in total. The number of ether oxygens (including phenoxy) is 1. The van der Waals surface area contributed by atoms with Gasteiger partial charge in [-0.2, -0.15) is 0 Å². The molecule has 1 aromatic heterocycles. The van der Waals surface area contributed by atoms with E-state index in [4.69, 9.17) is 4.74 Å². The van der Waals surface area contributed by atoms with Crippen LogP contribution in [0.15, 0.2) is 23.9 Å². The monoisotopic (exact) mass is 219 g/mol. The van der Waals surface area contributed by atoms with Gasteiger partial charge in [-0.15, -0.1) is 0 Å². The minimum atomic E-state index is -0.440. The van der Waals surface area contributed by atoms with Gasteiger partial charge in [-0.25, -0.2) is 9.78 Å². The summed E-state index contributed by atoms with van der Waals surface area (Å²) in [5.41, 5.74) is 1.64. The Morgan fingerprint density at radius 2 is 2.25 bits per heavy atom. The highest BCUT2D eigenvalue weighted by Gasteiger charge is 2.06. The van der Waals surface area contributed by atoms with Crippen LogP contribution in [0.2, 0.25) is 0 Å². The summed E-state index contributed by atoms with van der Waals surface area (Å²) in [5.74, 6) is -0.440. The van der Waals surface area contributed by atoms with E-state index >= 15 is 0 Å². The van der Waals surface area contributed by atoms with Crippen LogP contribution in [-0.2, 0) is 9.53 Å². The molecule has 0 aliphatic carbocycles. The van der Waals surface area contributed by atoms with Gasteiger partial charge in [0, 0.05) is 6.20 Å². The largest absolute Gasteiger partial charge is 0.461 e. The zero-order valence-corrected chi connectivity index (χ0v) is 9.27. The summed E-state index contributed by atoms with van der Waals surface area (Å²) in [4.78, 5) is 25.6. The molecule has 0 bridgehead atoms. The van der Waals surface area contributed by atoms with Crippen molar-refractivity contribution in [3.8, 4) is 0 Å². The molecule has 0 aromatic carbocycles. The molecule has 1 rings (SSSR count). The maximum Gasteiger partial charge on any atom is 0.356 e. The summed E-state index contributed by atoms with van der Waals surface area (Å²) in [5, 5.41) is 0. The fourth-order valence-corrected chi connectivity index (χ4v) is 1.11. The van der Waals surface area contributed by atoms with Gasteiger partial charge in [0.05, 0.1) is 6.61 Å². The minimum absolute atomic E-state index is 0.266. The lowest BCUT2D eigenvalue weighted by molar-refractivity contribution is -0.104. The van der Waals surface area contributed by atoms with E-state index in [1.807, 2.05) is 0 Å². The van der Waals surface area contributed by atoms with Gasteiger partial charge < -0.3 is 4.74 Å². The lowest BCUT2D eigenvalue weighted by atomic mass is 10.2. The number of carbonyl (C=O) groups is 2. The molecule has 0 radical (unpaired) electrons. The predicted molar refractivity (Wildman–Crippen MR) is 59.9 cm³/mol. The molecule has 0 unspecified atom stereocenters. The zero-order chi connectivity index (χ0) is 12.0. The average molecular weight is 219 g/mol. The molecule has 16 heavy (non-hydrogen) atoms. The number of rotatable bonds is 4. The van der Waals surface area contributed by atoms with Crippen LogP contribution in [0.25, 0.3) is 6.08 Å². The Morgan fingerprint density at radius 1 is 1.50 bits per heavy atom. The molecule has 1 aromatic rings. The maximum absolute atomic E-state index is 11.3. The summed E-state index contributed by atoms with van der Waals surface area (Å²) < 4.78 is 4.80. The van der Waals surface area contributed by atoms with Crippen molar-refractivity contribution in [2.45, 2.75) is 13.8 Å². The zero-order valence-electron chi connectivity index (χ0n) is 9.27. The molecular formula is C12H13NO3. The molecule has 0 aliphatic rings. The third-order valence-corrected chi connectivity index (χ3v) is 1.85. The van der Waals surface area contributed by atoms with Crippen LogP contribution in [0.3, 0.4) is 0 Å². The van der Waals surface area contributed by atoms with E-state index < -0.39 is 5.97 Å². The lowest BCUT2D eigenvalue weighted by Crippen LogP contribution is -2.06. The van der Waals surface area contributed by atoms with Gasteiger partial charge in [-0.3, -0.25) is 4.79 Å². The first-order valence-electron chi connectivity index (χ1n) is 4.94. The molecule has 84 valence electrons. The van der Waals surface area contributed by atoms with Crippen molar-refractivity contribution in [1.29, 1.82) is 0 Å². The summed E-state index contributed by atoms with van der Waals surface area (Å²) in [6.45, 7) is 3.77. The van der Waals surface area contributed by atoms with Crippen molar-refractivity contribution in [2.75, 3.05) is 6.61 Å². The smallest absolute Gasteiger partial charge is 0.356 e. The van der Waals surface area contributed by atoms with Crippen LogP contribution in [-0.4, -0.2) is 23.8 Å². The molecule has 0 amide bonds. The third-order valence-electron chi connectivity index (χ3n) is 1.85. The molecule has 0 saturated heterocycles. The summed E-state index contributed by atoms with van der Waals surface area (Å²) >= 11 is 0. The first-order chi connectivity index (χ1) is 7.67. The van der Waals surface area contributed by atoms with Crippen LogP contribution >= 0.6 is 0 Å². The van der Waals surface area contributed by atoms with Gasteiger partial charge in [-0.1, -0.05) is 6.07 Å². The number of aromatic nitrogens is 1. The molecule has 0 saturated carbocycles. The summed E-state index contributed by atoms with van der Waals surface area (Å²) in [6, 6.07) is 3.29. The van der Waals surface area contributed by atoms with Gasteiger partial charge in [0.25, 0.3) is 0 Å². The molecular weight excluding hydrogens is 206 g/mol. The Bertz CT molecular complexity index is 407. The topological polar surface area (TPSA) is 56.3 Å². The van der Waals surface area contributed by atoms with E-state index in [1.165, 1.54) is 6.20 Å². The Kier molecular flexibility index (Phi) is 4.39. The van der Waals surface area contributed by atoms with Crippen LogP contribution in [0.5, 0.6) is 0 Å². The van der Waals surface area contributed by atoms with E-state index in [2.05, 4.69) is 4.98 Å². The molecule has 0 spiro atoms. The standard InChI is InChI=1S/C12H13NO3/c1-3-16-12(15)11-5-4-10(7-13-11)6-9(2)8-14/h4-8H,3H2,1-2H3. The summed E-state index contributed by atoms with van der Waals surface area (Å²) in [6.07, 6.45) is 3.98. The number of hydrogen-bond donors (Lipinski definition) is 0. The average Bonchev–Trinajstić information content (AvgIpc) is 2.30. The van der Waals surface area contributed by atoms with Crippen molar-refractivity contribution >= 4 is 18.3 Å². The summed E-state index contributed by atoms with van der Waals surface area (Å²) in [7, 11) is 0. The van der Waals surface area contributed by atoms with Crippen LogP contribution in [0, 0.1) is 0 Å². The van der Waals surface area contributed by atoms with E-state index in [0.717, 1.165) is 11.8 Å². The Balaban J connectivity index is 2.83. The second-order valence-electron chi connectivity index (χ2n) is 3.20. The molecule has 0 aliphatic heterocycles. The number of allylic oxidation sites excluding steroid dienone is 1. The van der Waals surface area contributed by atoms with Crippen molar-refractivity contribution in [2.24, 2.45) is 0 Å². The number of hydrogen-bond acceptors (Lipinski definition) is 4. The van der Waals surface area contributed by atoms with Gasteiger partial charge in [0.1, 0.15) is 12.0 Å². The number of nitrogens with zero attached hydrogens (tertiary/aromatic N) is 1. The number of pyridine rings is 1. The van der Waals surface area contributed by atoms with Crippen molar-refractivity contribution in [1.82, 2.24) is 4.98 Å². The molecule has 0 atom stereocenters. The van der Waals surface area contributed by atoms with Gasteiger partial charge in [0.2, 0.25) is 0 Å². The number of carbonyl (C=O) groups excluding carboxylic acids is 2. The molecule has 4 heteroatoms. The van der Waals surface area contributed by atoms with Crippen molar-refractivity contribution < 1.29 is 14.3 Å². The predicted octanol–water partition coefficient (Wildman–Crippen LogP) is 1.86. The second-order valence-corrected chi connectivity index (χ2v) is 3.20. The SMILES string of the molecule is CCOC(=O)c1ccc(C=C(C)C=O)cn1. The van der Waals surface area contributed by atoms with Crippen LogP contribution in [0.4, 0.5) is 0 Å². The Labute approximate surface area is 94.0 Å². The molecule has 1 heterocycles. The van der Waals surface area contributed by atoms with Crippen molar-refractivity contribution in [3.05, 3.63) is 35.2 Å². The first kappa shape index (κ1) is 12.1. The highest BCUT2D eigenvalue weighted by atomic mass is 16.5. The van der Waals surface area contributed by atoms with E-state index in [9.17, 15) is 9.59 Å². The maximum atomic E-state index is 11.3. The van der Waals surface area contributed by atoms with Gasteiger partial charge >= 0.3 is 5.97 Å². The quantitative estimate of drug-likeness (QED) is 0.440. The fourth-order valence-electron chi connectivity index (χ4n) is 1.11. The minimum Gasteiger partial charge on any atom is -0.461 e. The van der Waals surface area contributed by atoms with E-state index in [-0.39, 0.29) is 5.69 Å². The molecule has 0 N–H and O–H groups in total. The third kappa shape index (κ3) is 3.31. The highest BCUT2D eigenvalue weighted by Crippen LogP contribution is 2.06. The second kappa shape index (κ2) is 5.80. The molecule has 0 fully saturated rings. The van der Waals surface area contributed by atoms with Crippen LogP contribution in [0.1, 0.15) is 29.9 Å². The Hall–Kier alpha value is -1.97. The van der Waals surface area contributed by atoms with E-state index in [0.29, 0.717) is 12.2 Å². The fraction of sp³-hybridized carbons (Fsp3) is 0.250. The highest BCUT2D eigenvalue weighted by molar-refractivity contribution is 5.87. The van der Waals surface area contributed by atoms with Gasteiger partial charge in [-0.05, 0) is 37.1 Å². The van der Waals surface area contributed by atoms with Crippen LogP contribution < -0.4 is 0 Å². The number of aldehydes is 1. The van der Waals surface area contributed by atoms with E-state index in [1.54, 1.807) is 32.1 Å². The normalized spacial score (nSPS) is 11.0. The van der Waals surface area contributed by atoms with Crippen molar-refractivity contribution in [3.63, 3.8) is 0 Å².